The minimum Gasteiger partial charge on any atom is -0.359 e. The monoisotopic (exact) mass is 270 g/mol. The minimum atomic E-state index is 0. The van der Waals surface area contributed by atoms with E-state index in [9.17, 15) is 4.79 Å². The fourth-order valence-electron chi connectivity index (χ4n) is 2.72. The molecule has 0 spiro atoms. The van der Waals surface area contributed by atoms with E-state index >= 15 is 0 Å². The number of nitrogens with zero attached hydrogens (tertiary/aromatic N) is 2. The first kappa shape index (κ1) is 13.4. The topological polar surface area (TPSA) is 61.0 Å². The summed E-state index contributed by atoms with van der Waals surface area (Å²) in [6.07, 6.45) is 2.95. The molecule has 2 aliphatic heterocycles. The van der Waals surface area contributed by atoms with Crippen molar-refractivity contribution in [2.24, 2.45) is 0 Å². The second kappa shape index (κ2) is 5.28. The van der Waals surface area contributed by atoms with Gasteiger partial charge in [-0.2, -0.15) is 0 Å². The highest BCUT2D eigenvalue weighted by molar-refractivity contribution is 5.85. The zero-order chi connectivity index (χ0) is 11.8. The molecule has 0 bridgehead atoms. The fourth-order valence-corrected chi connectivity index (χ4v) is 2.72. The second-order valence-electron chi connectivity index (χ2n) is 4.97. The van der Waals surface area contributed by atoms with Crippen LogP contribution in [-0.2, 0) is 6.42 Å². The number of rotatable bonds is 1. The van der Waals surface area contributed by atoms with Crippen molar-refractivity contribution in [2.45, 2.75) is 25.2 Å². The molecule has 3 heterocycles. The quantitative estimate of drug-likeness (QED) is 0.787. The third kappa shape index (κ3) is 2.24. The molecule has 0 radical (unpaired) electrons. The maximum atomic E-state index is 12.0. The molecule has 1 unspecified atom stereocenters. The van der Waals surface area contributed by atoms with Gasteiger partial charge in [0.05, 0.1) is 5.56 Å². The summed E-state index contributed by atoms with van der Waals surface area (Å²) in [6, 6.07) is 0. The van der Waals surface area contributed by atoms with Crippen molar-refractivity contribution >= 4 is 18.2 Å². The molecule has 0 amide bonds. The molecule has 0 saturated carbocycles. The Hall–Kier alpha value is -1.07. The predicted octanol–water partition coefficient (Wildman–Crippen LogP) is 0.651. The molecule has 6 heteroatoms. The van der Waals surface area contributed by atoms with Gasteiger partial charge in [0, 0.05) is 26.1 Å². The SMILES string of the molecule is CN1CCCc2c1nc(C1CCNC1)[nH]c2=O.Cl. The minimum absolute atomic E-state index is 0. The molecule has 0 aliphatic carbocycles. The van der Waals surface area contributed by atoms with Crippen LogP contribution < -0.4 is 15.8 Å². The summed E-state index contributed by atoms with van der Waals surface area (Å²) in [6.45, 7) is 2.93. The average molecular weight is 271 g/mol. The van der Waals surface area contributed by atoms with Gasteiger partial charge in [-0.3, -0.25) is 4.79 Å². The van der Waals surface area contributed by atoms with Crippen LogP contribution in [0, 0.1) is 0 Å². The standard InChI is InChI=1S/C12H18N4O.ClH/c1-16-6-2-3-9-11(16)14-10(15-12(9)17)8-4-5-13-7-8;/h8,13H,2-7H2,1H3,(H,14,15,17);1H. The first-order valence-electron chi connectivity index (χ1n) is 6.30. The molecule has 1 aromatic heterocycles. The average Bonchev–Trinajstić information content (AvgIpc) is 2.84. The third-order valence-electron chi connectivity index (χ3n) is 3.74. The van der Waals surface area contributed by atoms with Gasteiger partial charge in [-0.05, 0) is 25.8 Å². The van der Waals surface area contributed by atoms with E-state index in [2.05, 4.69) is 20.2 Å². The van der Waals surface area contributed by atoms with Crippen molar-refractivity contribution in [2.75, 3.05) is 31.6 Å². The number of aromatic amines is 1. The lowest BCUT2D eigenvalue weighted by Gasteiger charge is -2.26. The lowest BCUT2D eigenvalue weighted by atomic mass is 10.1. The molecule has 1 aromatic rings. The number of hydrogen-bond acceptors (Lipinski definition) is 4. The molecule has 0 aromatic carbocycles. The highest BCUT2D eigenvalue weighted by Crippen LogP contribution is 2.24. The molecular weight excluding hydrogens is 252 g/mol. The van der Waals surface area contributed by atoms with Gasteiger partial charge in [0.2, 0.25) is 0 Å². The number of anilines is 1. The molecule has 100 valence electrons. The molecular formula is C12H19ClN4O. The van der Waals surface area contributed by atoms with Gasteiger partial charge in [0.25, 0.3) is 5.56 Å². The molecule has 2 N–H and O–H groups in total. The summed E-state index contributed by atoms with van der Waals surface area (Å²) < 4.78 is 0. The van der Waals surface area contributed by atoms with Crippen molar-refractivity contribution in [1.82, 2.24) is 15.3 Å². The van der Waals surface area contributed by atoms with Gasteiger partial charge >= 0.3 is 0 Å². The summed E-state index contributed by atoms with van der Waals surface area (Å²) in [7, 11) is 2.01. The Morgan fingerprint density at radius 3 is 3.00 bits per heavy atom. The van der Waals surface area contributed by atoms with Crippen LogP contribution in [0.3, 0.4) is 0 Å². The fraction of sp³-hybridized carbons (Fsp3) is 0.667. The van der Waals surface area contributed by atoms with Crippen LogP contribution in [-0.4, -0.2) is 36.6 Å². The Balaban J connectivity index is 0.00000120. The summed E-state index contributed by atoms with van der Waals surface area (Å²) >= 11 is 0. The van der Waals surface area contributed by atoms with Crippen molar-refractivity contribution in [1.29, 1.82) is 0 Å². The number of halogens is 1. The number of aromatic nitrogens is 2. The first-order valence-corrected chi connectivity index (χ1v) is 6.30. The van der Waals surface area contributed by atoms with Gasteiger partial charge in [-0.15, -0.1) is 12.4 Å². The smallest absolute Gasteiger partial charge is 0.256 e. The number of fused-ring (bicyclic) bond motifs is 1. The van der Waals surface area contributed by atoms with E-state index in [4.69, 9.17) is 0 Å². The number of nitrogens with one attached hydrogen (secondary N) is 2. The Kier molecular flexibility index (Phi) is 3.92. The van der Waals surface area contributed by atoms with Gasteiger partial charge < -0.3 is 15.2 Å². The van der Waals surface area contributed by atoms with Crippen LogP contribution in [0.1, 0.15) is 30.1 Å². The van der Waals surface area contributed by atoms with Crippen molar-refractivity contribution in [3.63, 3.8) is 0 Å². The summed E-state index contributed by atoms with van der Waals surface area (Å²) in [5.41, 5.74) is 0.914. The number of hydrogen-bond donors (Lipinski definition) is 2. The van der Waals surface area contributed by atoms with Crippen molar-refractivity contribution in [3.8, 4) is 0 Å². The van der Waals surface area contributed by atoms with Crippen LogP contribution in [0.15, 0.2) is 4.79 Å². The van der Waals surface area contributed by atoms with E-state index in [1.165, 1.54) is 0 Å². The van der Waals surface area contributed by atoms with Crippen LogP contribution >= 0.6 is 12.4 Å². The van der Waals surface area contributed by atoms with E-state index in [1.807, 2.05) is 7.05 Å². The molecule has 5 nitrogen and oxygen atoms in total. The molecule has 2 aliphatic rings. The lowest BCUT2D eigenvalue weighted by Crippen LogP contribution is -2.32. The number of H-pyrrole nitrogens is 1. The van der Waals surface area contributed by atoms with Crippen LogP contribution in [0.25, 0.3) is 0 Å². The maximum Gasteiger partial charge on any atom is 0.256 e. The van der Waals surface area contributed by atoms with E-state index in [0.29, 0.717) is 5.92 Å². The second-order valence-corrected chi connectivity index (χ2v) is 4.97. The first-order chi connectivity index (χ1) is 8.25. The van der Waals surface area contributed by atoms with Gasteiger partial charge in [0.1, 0.15) is 11.6 Å². The Morgan fingerprint density at radius 1 is 1.44 bits per heavy atom. The molecule has 1 saturated heterocycles. The van der Waals surface area contributed by atoms with E-state index < -0.39 is 0 Å². The van der Waals surface area contributed by atoms with E-state index in [-0.39, 0.29) is 18.0 Å². The van der Waals surface area contributed by atoms with Gasteiger partial charge in [0.15, 0.2) is 0 Å². The molecule has 1 fully saturated rings. The Labute approximate surface area is 112 Å². The summed E-state index contributed by atoms with van der Waals surface area (Å²) in [4.78, 5) is 21.8. The molecule has 18 heavy (non-hydrogen) atoms. The van der Waals surface area contributed by atoms with Gasteiger partial charge in [-0.1, -0.05) is 0 Å². The van der Waals surface area contributed by atoms with Crippen molar-refractivity contribution < 1.29 is 0 Å². The Bertz CT molecular complexity index is 481. The predicted molar refractivity (Wildman–Crippen MR) is 73.9 cm³/mol. The van der Waals surface area contributed by atoms with Crippen LogP contribution in [0.4, 0.5) is 5.82 Å². The van der Waals surface area contributed by atoms with Crippen LogP contribution in [0.2, 0.25) is 0 Å². The zero-order valence-corrected chi connectivity index (χ0v) is 11.3. The van der Waals surface area contributed by atoms with E-state index in [1.54, 1.807) is 0 Å². The largest absolute Gasteiger partial charge is 0.359 e. The Morgan fingerprint density at radius 2 is 2.28 bits per heavy atom. The summed E-state index contributed by atoms with van der Waals surface area (Å²) in [5.74, 6) is 2.11. The van der Waals surface area contributed by atoms with E-state index in [0.717, 1.165) is 56.1 Å². The highest BCUT2D eigenvalue weighted by atomic mass is 35.5. The maximum absolute atomic E-state index is 12.0. The summed E-state index contributed by atoms with van der Waals surface area (Å²) in [5, 5.41) is 3.31. The normalized spacial score (nSPS) is 22.5. The molecule has 1 atom stereocenters. The highest BCUT2D eigenvalue weighted by Gasteiger charge is 2.24. The van der Waals surface area contributed by atoms with Gasteiger partial charge in [-0.25, -0.2) is 4.98 Å². The van der Waals surface area contributed by atoms with Crippen molar-refractivity contribution in [3.05, 3.63) is 21.7 Å². The van der Waals surface area contributed by atoms with Crippen LogP contribution in [0.5, 0.6) is 0 Å². The molecule has 3 rings (SSSR count). The zero-order valence-electron chi connectivity index (χ0n) is 10.5. The lowest BCUT2D eigenvalue weighted by molar-refractivity contribution is 0.662. The third-order valence-corrected chi connectivity index (χ3v) is 3.74.